The summed E-state index contributed by atoms with van der Waals surface area (Å²) in [6.45, 7) is 3.99. The summed E-state index contributed by atoms with van der Waals surface area (Å²) in [5.41, 5.74) is 1.35. The Labute approximate surface area is 188 Å². The fourth-order valence-corrected chi connectivity index (χ4v) is 3.88. The maximum atomic E-state index is 12.6. The number of nitrogens with one attached hydrogen (secondary N) is 2. The van der Waals surface area contributed by atoms with Gasteiger partial charge in [0.25, 0.3) is 15.9 Å². The van der Waals surface area contributed by atoms with Crippen molar-refractivity contribution in [3.63, 3.8) is 0 Å². The molecular formula is C24H26N2O5S. The molecule has 0 radical (unpaired) electrons. The summed E-state index contributed by atoms with van der Waals surface area (Å²) < 4.78 is 38.6. The van der Waals surface area contributed by atoms with Gasteiger partial charge in [-0.15, -0.1) is 0 Å². The number of ether oxygens (including phenoxy) is 2. The number of sulfonamides is 1. The van der Waals surface area contributed by atoms with Crippen molar-refractivity contribution in [2.45, 2.75) is 31.3 Å². The quantitative estimate of drug-likeness (QED) is 0.478. The van der Waals surface area contributed by atoms with Crippen LogP contribution in [0.1, 0.15) is 30.6 Å². The first-order chi connectivity index (χ1) is 15.3. The van der Waals surface area contributed by atoms with Crippen LogP contribution in [0.15, 0.2) is 77.7 Å². The zero-order valence-corrected chi connectivity index (χ0v) is 19.0. The van der Waals surface area contributed by atoms with Crippen LogP contribution in [0, 0.1) is 0 Å². The highest BCUT2D eigenvalue weighted by molar-refractivity contribution is 7.92. The number of benzene rings is 3. The minimum absolute atomic E-state index is 0.0503. The molecule has 0 bridgehead atoms. The molecule has 0 saturated carbocycles. The lowest BCUT2D eigenvalue weighted by Gasteiger charge is -2.13. The predicted molar refractivity (Wildman–Crippen MR) is 125 cm³/mol. The lowest BCUT2D eigenvalue weighted by atomic mass is 10.2. The molecule has 0 aromatic heterocycles. The number of hydrogen-bond donors (Lipinski definition) is 2. The van der Waals surface area contributed by atoms with Crippen LogP contribution >= 0.6 is 0 Å². The number of carbonyl (C=O) groups is 1. The van der Waals surface area contributed by atoms with Gasteiger partial charge in [0.15, 0.2) is 0 Å². The normalized spacial score (nSPS) is 12.0. The van der Waals surface area contributed by atoms with Crippen LogP contribution in [-0.2, 0) is 10.0 Å². The van der Waals surface area contributed by atoms with Crippen LogP contribution in [0.3, 0.4) is 0 Å². The number of rotatable bonds is 9. The fourth-order valence-electron chi connectivity index (χ4n) is 2.82. The molecule has 1 unspecified atom stereocenters. The summed E-state index contributed by atoms with van der Waals surface area (Å²) in [6, 6.07) is 19.4. The molecule has 0 spiro atoms. The molecule has 1 amide bonds. The van der Waals surface area contributed by atoms with Crippen molar-refractivity contribution in [3.8, 4) is 11.5 Å². The Kier molecular flexibility index (Phi) is 7.37. The van der Waals surface area contributed by atoms with Crippen molar-refractivity contribution >= 4 is 27.3 Å². The second kappa shape index (κ2) is 10.2. The van der Waals surface area contributed by atoms with E-state index >= 15 is 0 Å². The molecule has 0 heterocycles. The first-order valence-electron chi connectivity index (χ1n) is 10.2. The van der Waals surface area contributed by atoms with Crippen LogP contribution in [0.5, 0.6) is 11.5 Å². The molecule has 32 heavy (non-hydrogen) atoms. The van der Waals surface area contributed by atoms with Crippen LogP contribution in [0.25, 0.3) is 0 Å². The third-order valence-electron chi connectivity index (χ3n) is 4.77. The topological polar surface area (TPSA) is 93.7 Å². The van der Waals surface area contributed by atoms with E-state index in [0.717, 1.165) is 6.42 Å². The van der Waals surface area contributed by atoms with Crippen molar-refractivity contribution in [3.05, 3.63) is 78.4 Å². The van der Waals surface area contributed by atoms with Gasteiger partial charge in [-0.25, -0.2) is 8.42 Å². The standard InChI is InChI=1S/C24H26N2O5S/c1-4-17(2)31-22-7-5-6-18(16-22)24(27)25-19-10-14-23(15-11-19)32(28,29)26-20-8-12-21(30-3)13-9-20/h5-17,26H,4H2,1-3H3,(H,25,27). The van der Waals surface area contributed by atoms with Gasteiger partial charge in [-0.05, 0) is 80.1 Å². The number of amides is 1. The average Bonchev–Trinajstić information content (AvgIpc) is 2.79. The monoisotopic (exact) mass is 454 g/mol. The summed E-state index contributed by atoms with van der Waals surface area (Å²) in [7, 11) is -2.23. The van der Waals surface area contributed by atoms with E-state index in [1.807, 2.05) is 13.8 Å². The van der Waals surface area contributed by atoms with E-state index in [4.69, 9.17) is 9.47 Å². The highest BCUT2D eigenvalue weighted by Crippen LogP contribution is 2.21. The van der Waals surface area contributed by atoms with Crippen molar-refractivity contribution < 1.29 is 22.7 Å². The zero-order valence-electron chi connectivity index (χ0n) is 18.2. The van der Waals surface area contributed by atoms with E-state index in [9.17, 15) is 13.2 Å². The first-order valence-corrected chi connectivity index (χ1v) is 11.6. The molecule has 0 saturated heterocycles. The lowest BCUT2D eigenvalue weighted by molar-refractivity contribution is 0.102. The second-order valence-corrected chi connectivity index (χ2v) is 8.86. The molecular weight excluding hydrogens is 428 g/mol. The Morgan fingerprint density at radius 3 is 2.22 bits per heavy atom. The van der Waals surface area contributed by atoms with Crippen LogP contribution in [-0.4, -0.2) is 27.5 Å². The summed E-state index contributed by atoms with van der Waals surface area (Å²) in [4.78, 5) is 12.7. The molecule has 3 aromatic rings. The van der Waals surface area contributed by atoms with E-state index < -0.39 is 10.0 Å². The maximum Gasteiger partial charge on any atom is 0.261 e. The molecule has 3 aromatic carbocycles. The van der Waals surface area contributed by atoms with Gasteiger partial charge in [-0.2, -0.15) is 0 Å². The van der Waals surface area contributed by atoms with Gasteiger partial charge in [0, 0.05) is 16.9 Å². The molecule has 168 valence electrons. The number of hydrogen-bond acceptors (Lipinski definition) is 5. The highest BCUT2D eigenvalue weighted by atomic mass is 32.2. The molecule has 0 fully saturated rings. The van der Waals surface area contributed by atoms with E-state index in [1.54, 1.807) is 60.7 Å². The van der Waals surface area contributed by atoms with E-state index in [0.29, 0.717) is 28.4 Å². The van der Waals surface area contributed by atoms with Crippen LogP contribution < -0.4 is 19.5 Å². The van der Waals surface area contributed by atoms with Crippen molar-refractivity contribution in [1.82, 2.24) is 0 Å². The summed E-state index contributed by atoms with van der Waals surface area (Å²) >= 11 is 0. The van der Waals surface area contributed by atoms with Crippen molar-refractivity contribution in [2.24, 2.45) is 0 Å². The predicted octanol–water partition coefficient (Wildman–Crippen LogP) is 4.93. The molecule has 8 heteroatoms. The molecule has 0 aliphatic carbocycles. The minimum atomic E-state index is -3.77. The van der Waals surface area contributed by atoms with Gasteiger partial charge in [-0.1, -0.05) is 13.0 Å². The van der Waals surface area contributed by atoms with Gasteiger partial charge in [-0.3, -0.25) is 9.52 Å². The van der Waals surface area contributed by atoms with Crippen molar-refractivity contribution in [2.75, 3.05) is 17.1 Å². The molecule has 0 aliphatic heterocycles. The van der Waals surface area contributed by atoms with E-state index in [-0.39, 0.29) is 16.9 Å². The van der Waals surface area contributed by atoms with Gasteiger partial charge in [0.2, 0.25) is 0 Å². The number of carbonyl (C=O) groups excluding carboxylic acids is 1. The van der Waals surface area contributed by atoms with Gasteiger partial charge in [0.1, 0.15) is 11.5 Å². The summed E-state index contributed by atoms with van der Waals surface area (Å²) in [5, 5.41) is 2.77. The number of anilines is 2. The Morgan fingerprint density at radius 2 is 1.59 bits per heavy atom. The van der Waals surface area contributed by atoms with Crippen LogP contribution in [0.2, 0.25) is 0 Å². The van der Waals surface area contributed by atoms with Crippen LogP contribution in [0.4, 0.5) is 11.4 Å². The molecule has 0 aliphatic rings. The second-order valence-electron chi connectivity index (χ2n) is 7.18. The zero-order chi connectivity index (χ0) is 23.1. The lowest BCUT2D eigenvalue weighted by Crippen LogP contribution is -2.14. The number of methoxy groups -OCH3 is 1. The average molecular weight is 455 g/mol. The first kappa shape index (κ1) is 23.1. The van der Waals surface area contributed by atoms with Gasteiger partial charge >= 0.3 is 0 Å². The highest BCUT2D eigenvalue weighted by Gasteiger charge is 2.15. The molecule has 1 atom stereocenters. The van der Waals surface area contributed by atoms with E-state index in [1.165, 1.54) is 19.2 Å². The molecule has 3 rings (SSSR count). The fraction of sp³-hybridized carbons (Fsp3) is 0.208. The Balaban J connectivity index is 1.67. The van der Waals surface area contributed by atoms with E-state index in [2.05, 4.69) is 10.0 Å². The summed E-state index contributed by atoms with van der Waals surface area (Å²) in [5.74, 6) is 0.939. The minimum Gasteiger partial charge on any atom is -0.497 e. The van der Waals surface area contributed by atoms with Gasteiger partial charge in [0.05, 0.1) is 18.1 Å². The third-order valence-corrected chi connectivity index (χ3v) is 6.17. The Hall–Kier alpha value is -3.52. The largest absolute Gasteiger partial charge is 0.497 e. The SMILES string of the molecule is CCC(C)Oc1cccc(C(=O)Nc2ccc(S(=O)(=O)Nc3ccc(OC)cc3)cc2)c1. The van der Waals surface area contributed by atoms with Gasteiger partial charge < -0.3 is 14.8 Å². The molecule has 2 N–H and O–H groups in total. The van der Waals surface area contributed by atoms with Crippen molar-refractivity contribution in [1.29, 1.82) is 0 Å². The third kappa shape index (κ3) is 6.01. The summed E-state index contributed by atoms with van der Waals surface area (Å²) in [6.07, 6.45) is 0.910. The Bertz CT molecular complexity index is 1160. The Morgan fingerprint density at radius 1 is 0.938 bits per heavy atom. The maximum absolute atomic E-state index is 12.6. The molecule has 7 nitrogen and oxygen atoms in total. The smallest absolute Gasteiger partial charge is 0.261 e.